The quantitative estimate of drug-likeness (QED) is 0.556. The highest BCUT2D eigenvalue weighted by molar-refractivity contribution is 6.12. The zero-order valence-corrected chi connectivity index (χ0v) is 23.1. The molecule has 7 atom stereocenters. The van der Waals surface area contributed by atoms with Crippen molar-refractivity contribution >= 4 is 17.3 Å². The highest BCUT2D eigenvalue weighted by Gasteiger charge is 2.67. The molecule has 2 fully saturated rings. The van der Waals surface area contributed by atoms with Crippen LogP contribution in [0, 0.1) is 39.4 Å². The van der Waals surface area contributed by atoms with Crippen LogP contribution in [0.3, 0.4) is 0 Å². The van der Waals surface area contributed by atoms with Crippen LogP contribution in [-0.4, -0.2) is 39.3 Å². The van der Waals surface area contributed by atoms with E-state index in [1.807, 2.05) is 13.8 Å². The maximum Gasteiger partial charge on any atom is 0.160 e. The van der Waals surface area contributed by atoms with Crippen LogP contribution in [0.1, 0.15) is 107 Å². The van der Waals surface area contributed by atoms with Gasteiger partial charge in [0.25, 0.3) is 0 Å². The Bertz CT molecular complexity index is 983. The monoisotopic (exact) mass is 486 g/mol. The molecule has 0 heterocycles. The average molecular weight is 487 g/mol. The average Bonchev–Trinajstić information content (AvgIpc) is 3.01. The first-order valence-electron chi connectivity index (χ1n) is 13.7. The van der Waals surface area contributed by atoms with E-state index in [1.54, 1.807) is 13.8 Å². The van der Waals surface area contributed by atoms with Gasteiger partial charge < -0.3 is 10.2 Å². The molecule has 0 aliphatic heterocycles. The molecule has 4 aliphatic carbocycles. The number of allylic oxidation sites excluding steroid dienone is 2. The lowest BCUT2D eigenvalue weighted by molar-refractivity contribution is -0.146. The molecule has 0 bridgehead atoms. The van der Waals surface area contributed by atoms with Crippen molar-refractivity contribution in [2.24, 2.45) is 39.4 Å². The molecule has 0 radical (unpaired) electrons. The second kappa shape index (κ2) is 8.08. The zero-order valence-electron chi connectivity index (χ0n) is 23.1. The molecule has 2 saturated carbocycles. The van der Waals surface area contributed by atoms with Crippen LogP contribution in [0.4, 0.5) is 0 Å². The van der Waals surface area contributed by atoms with E-state index in [0.29, 0.717) is 32.1 Å². The number of hydrogen-bond donors (Lipinski definition) is 2. The van der Waals surface area contributed by atoms with Crippen LogP contribution in [0.2, 0.25) is 0 Å². The smallest absolute Gasteiger partial charge is 0.160 e. The Hall–Kier alpha value is -1.33. The minimum atomic E-state index is -1.13. The van der Waals surface area contributed by atoms with Crippen molar-refractivity contribution in [3.63, 3.8) is 0 Å². The van der Waals surface area contributed by atoms with E-state index >= 15 is 0 Å². The number of fused-ring (bicyclic) bond motifs is 4. The maximum atomic E-state index is 14.0. The van der Waals surface area contributed by atoms with Gasteiger partial charge in [0.15, 0.2) is 11.6 Å². The third kappa shape index (κ3) is 3.66. The van der Waals surface area contributed by atoms with Gasteiger partial charge in [0.2, 0.25) is 0 Å². The van der Waals surface area contributed by atoms with Gasteiger partial charge in [-0.15, -0.1) is 0 Å². The number of ketones is 3. The third-order valence-corrected chi connectivity index (χ3v) is 11.5. The fourth-order valence-electron chi connectivity index (χ4n) is 8.90. The highest BCUT2D eigenvalue weighted by atomic mass is 16.3. The van der Waals surface area contributed by atoms with E-state index in [2.05, 4.69) is 27.7 Å². The van der Waals surface area contributed by atoms with Crippen molar-refractivity contribution < 1.29 is 24.6 Å². The van der Waals surface area contributed by atoms with E-state index in [0.717, 1.165) is 30.4 Å². The first-order chi connectivity index (χ1) is 15.9. The number of rotatable bonds is 5. The van der Waals surface area contributed by atoms with Gasteiger partial charge in [-0.05, 0) is 69.1 Å². The number of carbonyl (C=O) groups is 3. The van der Waals surface area contributed by atoms with Gasteiger partial charge >= 0.3 is 0 Å². The van der Waals surface area contributed by atoms with Crippen LogP contribution in [0.25, 0.3) is 0 Å². The molecule has 0 saturated heterocycles. The van der Waals surface area contributed by atoms with E-state index in [1.165, 1.54) is 0 Å². The Morgan fingerprint density at radius 3 is 2.20 bits per heavy atom. The Labute approximate surface area is 211 Å². The molecule has 0 spiro atoms. The van der Waals surface area contributed by atoms with Crippen molar-refractivity contribution in [1.82, 2.24) is 0 Å². The predicted octanol–water partition coefficient (Wildman–Crippen LogP) is 5.21. The molecule has 0 unspecified atom stereocenters. The molecule has 4 aliphatic rings. The highest BCUT2D eigenvalue weighted by Crippen LogP contribution is 2.70. The van der Waals surface area contributed by atoms with Crippen molar-refractivity contribution in [3.05, 3.63) is 11.1 Å². The first-order valence-corrected chi connectivity index (χ1v) is 13.7. The number of aliphatic hydroxyl groups excluding tert-OH is 1. The van der Waals surface area contributed by atoms with Gasteiger partial charge in [0, 0.05) is 46.7 Å². The Morgan fingerprint density at radius 2 is 1.60 bits per heavy atom. The SMILES string of the molecule is C[C@H](CC[C@H](O)C(C)(C)O)[C@H]1CC[C@@]2(C)C3=C(C(=O)C[C@]12C)[C@@]1(C)CCC(=O)C(C)(C)[C@@H]1CC3=O. The lowest BCUT2D eigenvalue weighted by atomic mass is 9.43. The molecule has 0 aromatic carbocycles. The normalized spacial score (nSPS) is 40.8. The lowest BCUT2D eigenvalue weighted by Gasteiger charge is -2.59. The van der Waals surface area contributed by atoms with Gasteiger partial charge in [0.1, 0.15) is 5.78 Å². The number of carbonyl (C=O) groups excluding carboxylic acids is 3. The fourth-order valence-corrected chi connectivity index (χ4v) is 8.90. The third-order valence-electron chi connectivity index (χ3n) is 11.5. The largest absolute Gasteiger partial charge is 0.390 e. The Balaban J connectivity index is 1.72. The summed E-state index contributed by atoms with van der Waals surface area (Å²) in [6, 6.07) is 0. The summed E-state index contributed by atoms with van der Waals surface area (Å²) in [5.41, 5.74) is -1.30. The summed E-state index contributed by atoms with van der Waals surface area (Å²) in [7, 11) is 0. The van der Waals surface area contributed by atoms with Gasteiger partial charge in [-0.3, -0.25) is 14.4 Å². The second-order valence-corrected chi connectivity index (χ2v) is 14.2. The summed E-state index contributed by atoms with van der Waals surface area (Å²) in [6.45, 7) is 16.0. The van der Waals surface area contributed by atoms with Crippen molar-refractivity contribution in [2.45, 2.75) is 118 Å². The molecule has 0 aromatic heterocycles. The van der Waals surface area contributed by atoms with E-state index in [4.69, 9.17) is 0 Å². The van der Waals surface area contributed by atoms with Gasteiger partial charge in [-0.1, -0.05) is 41.5 Å². The van der Waals surface area contributed by atoms with Crippen molar-refractivity contribution in [2.75, 3.05) is 0 Å². The summed E-state index contributed by atoms with van der Waals surface area (Å²) in [5.74, 6) is 0.807. The molecule has 2 N–H and O–H groups in total. The minimum Gasteiger partial charge on any atom is -0.390 e. The first kappa shape index (κ1) is 26.7. The molecule has 5 nitrogen and oxygen atoms in total. The molecular weight excluding hydrogens is 440 g/mol. The van der Waals surface area contributed by atoms with Crippen molar-refractivity contribution in [3.8, 4) is 0 Å². The zero-order chi connectivity index (χ0) is 26.4. The van der Waals surface area contributed by atoms with Crippen LogP contribution in [-0.2, 0) is 14.4 Å². The van der Waals surface area contributed by atoms with Gasteiger partial charge in [-0.2, -0.15) is 0 Å². The summed E-state index contributed by atoms with van der Waals surface area (Å²) in [6.07, 6.45) is 4.24. The van der Waals surface area contributed by atoms with Crippen LogP contribution in [0.15, 0.2) is 11.1 Å². The molecular formula is C30H46O5. The van der Waals surface area contributed by atoms with Crippen LogP contribution >= 0.6 is 0 Å². The Morgan fingerprint density at radius 1 is 0.971 bits per heavy atom. The van der Waals surface area contributed by atoms with E-state index < -0.39 is 22.5 Å². The standard InChI is InChI=1S/C30H46O5/c1-17(9-10-23(34)27(4,5)35)18-11-14-29(7)25-19(31)15-21-26(2,3)22(33)12-13-28(21,6)24(25)20(32)16-30(18,29)8/h17-18,21,23,34-35H,9-16H2,1-8H3/t17-,18-,21+,23+,28+,29+,30-/m1/s1. The van der Waals surface area contributed by atoms with E-state index in [-0.39, 0.29) is 45.9 Å². The maximum absolute atomic E-state index is 14.0. The predicted molar refractivity (Wildman–Crippen MR) is 136 cm³/mol. The number of aliphatic hydroxyl groups is 2. The molecule has 4 rings (SSSR count). The second-order valence-electron chi connectivity index (χ2n) is 14.2. The van der Waals surface area contributed by atoms with Crippen molar-refractivity contribution in [1.29, 1.82) is 0 Å². The Kier molecular flexibility index (Phi) is 6.17. The minimum absolute atomic E-state index is 0.0813. The molecule has 196 valence electrons. The fraction of sp³-hybridized carbons (Fsp3) is 0.833. The summed E-state index contributed by atoms with van der Waals surface area (Å²) in [4.78, 5) is 40.7. The van der Waals surface area contributed by atoms with Gasteiger partial charge in [-0.25, -0.2) is 0 Å². The molecule has 0 amide bonds. The number of hydrogen-bond acceptors (Lipinski definition) is 5. The summed E-state index contributed by atoms with van der Waals surface area (Å²) >= 11 is 0. The summed E-state index contributed by atoms with van der Waals surface area (Å²) < 4.78 is 0. The molecule has 0 aromatic rings. The van der Waals surface area contributed by atoms with Gasteiger partial charge in [0.05, 0.1) is 11.7 Å². The van der Waals surface area contributed by atoms with E-state index in [9.17, 15) is 24.6 Å². The molecule has 5 heteroatoms. The summed E-state index contributed by atoms with van der Waals surface area (Å²) in [5, 5.41) is 20.5. The number of Topliss-reactive ketones (excluding diaryl/α,β-unsaturated/α-hetero) is 3. The molecule has 35 heavy (non-hydrogen) atoms. The lowest BCUT2D eigenvalue weighted by Crippen LogP contribution is -2.58. The topological polar surface area (TPSA) is 91.7 Å². The van der Waals surface area contributed by atoms with Crippen LogP contribution in [0.5, 0.6) is 0 Å². The van der Waals surface area contributed by atoms with Crippen LogP contribution < -0.4 is 0 Å².